The smallest absolute Gasteiger partial charge is 0.159 e. The van der Waals surface area contributed by atoms with Crippen molar-refractivity contribution >= 4 is 22.2 Å². The molecule has 5 heteroatoms. The maximum atomic E-state index is 13.0. The maximum absolute atomic E-state index is 13.0. The highest BCUT2D eigenvalue weighted by Gasteiger charge is 2.04. The van der Waals surface area contributed by atoms with Crippen molar-refractivity contribution in [1.29, 1.82) is 0 Å². The summed E-state index contributed by atoms with van der Waals surface area (Å²) in [4.78, 5) is 18.4. The molecule has 3 nitrogen and oxygen atoms in total. The summed E-state index contributed by atoms with van der Waals surface area (Å²) in [7, 11) is 0. The fraction of sp³-hybridized carbons (Fsp3) is 0. The number of carbonyl (C=O) groups excluding carboxylic acids is 1. The van der Waals surface area contributed by atoms with Gasteiger partial charge in [0.05, 0.1) is 10.0 Å². The van der Waals surface area contributed by atoms with E-state index in [1.54, 1.807) is 12.1 Å². The molecule has 0 radical (unpaired) electrons. The third-order valence-corrected chi connectivity index (χ3v) is 2.59. The lowest BCUT2D eigenvalue weighted by Crippen LogP contribution is -1.91. The van der Waals surface area contributed by atoms with E-state index in [-0.39, 0.29) is 5.82 Å². The lowest BCUT2D eigenvalue weighted by molar-refractivity contribution is 0.112. The quantitative estimate of drug-likeness (QED) is 0.795. The van der Waals surface area contributed by atoms with E-state index in [9.17, 15) is 9.18 Å². The van der Waals surface area contributed by atoms with E-state index in [2.05, 4.69) is 25.9 Å². The Kier molecular flexibility index (Phi) is 3.05. The second-order valence-electron chi connectivity index (χ2n) is 3.09. The number of aromatic nitrogens is 2. The van der Waals surface area contributed by atoms with Crippen molar-refractivity contribution in [3.63, 3.8) is 0 Å². The van der Waals surface area contributed by atoms with Crippen LogP contribution < -0.4 is 0 Å². The van der Waals surface area contributed by atoms with Gasteiger partial charge < -0.3 is 0 Å². The van der Waals surface area contributed by atoms with Crippen molar-refractivity contribution in [2.75, 3.05) is 0 Å². The van der Waals surface area contributed by atoms with Crippen LogP contribution in [-0.4, -0.2) is 16.3 Å². The molecule has 0 atom stereocenters. The first-order valence-electron chi connectivity index (χ1n) is 4.43. The Bertz CT molecular complexity index is 528. The first-order valence-corrected chi connectivity index (χ1v) is 5.22. The number of carbonyl (C=O) groups is 1. The highest BCUT2D eigenvalue weighted by Crippen LogP contribution is 2.22. The van der Waals surface area contributed by atoms with Gasteiger partial charge in [-0.15, -0.1) is 0 Å². The molecule has 0 saturated heterocycles. The van der Waals surface area contributed by atoms with Crippen LogP contribution in [0.4, 0.5) is 4.39 Å². The molecule has 0 aliphatic heterocycles. The molecule has 0 unspecified atom stereocenters. The van der Waals surface area contributed by atoms with Gasteiger partial charge in [-0.1, -0.05) is 0 Å². The predicted octanol–water partition coefficient (Wildman–Crippen LogP) is 2.86. The lowest BCUT2D eigenvalue weighted by Gasteiger charge is -2.01. The molecule has 0 amide bonds. The zero-order chi connectivity index (χ0) is 11.5. The Labute approximate surface area is 99.5 Å². The minimum atomic E-state index is -0.340. The Balaban J connectivity index is 2.42. The summed E-state index contributed by atoms with van der Waals surface area (Å²) >= 11 is 3.08. The van der Waals surface area contributed by atoms with Gasteiger partial charge in [-0.25, -0.2) is 14.4 Å². The molecule has 1 heterocycles. The van der Waals surface area contributed by atoms with Crippen LogP contribution in [0.1, 0.15) is 10.4 Å². The van der Waals surface area contributed by atoms with Crippen molar-refractivity contribution < 1.29 is 9.18 Å². The van der Waals surface area contributed by atoms with Gasteiger partial charge in [-0.2, -0.15) is 0 Å². The van der Waals surface area contributed by atoms with Crippen molar-refractivity contribution in [1.82, 2.24) is 9.97 Å². The molecule has 1 aromatic heterocycles. The van der Waals surface area contributed by atoms with Gasteiger partial charge in [0.25, 0.3) is 0 Å². The van der Waals surface area contributed by atoms with E-state index in [4.69, 9.17) is 0 Å². The molecule has 16 heavy (non-hydrogen) atoms. The Morgan fingerprint density at radius 2 is 1.94 bits per heavy atom. The first kappa shape index (κ1) is 10.9. The van der Waals surface area contributed by atoms with E-state index in [1.807, 2.05) is 0 Å². The number of aldehydes is 1. The molecular weight excluding hydrogens is 275 g/mol. The van der Waals surface area contributed by atoms with Gasteiger partial charge in [-0.05, 0) is 34.1 Å². The van der Waals surface area contributed by atoms with Crippen molar-refractivity contribution in [3.8, 4) is 11.4 Å². The van der Waals surface area contributed by atoms with Crippen molar-refractivity contribution in [2.45, 2.75) is 0 Å². The maximum Gasteiger partial charge on any atom is 0.159 e. The third kappa shape index (κ3) is 2.14. The standard InChI is InChI=1S/C11H6BrFN2O/c12-9-3-8(1-2-10(9)13)11-14-4-7(6-16)5-15-11/h1-6H. The van der Waals surface area contributed by atoms with Crippen LogP contribution in [0.15, 0.2) is 35.1 Å². The summed E-state index contributed by atoms with van der Waals surface area (Å²) in [5.41, 5.74) is 1.09. The molecule has 0 aliphatic carbocycles. The van der Waals surface area contributed by atoms with Gasteiger partial charge in [0.1, 0.15) is 5.82 Å². The number of halogens is 2. The first-order chi connectivity index (χ1) is 7.70. The van der Waals surface area contributed by atoms with Gasteiger partial charge in [0.15, 0.2) is 12.1 Å². The zero-order valence-corrected chi connectivity index (χ0v) is 9.61. The summed E-state index contributed by atoms with van der Waals surface area (Å²) in [6.07, 6.45) is 3.52. The summed E-state index contributed by atoms with van der Waals surface area (Å²) < 4.78 is 13.4. The molecule has 0 fully saturated rings. The summed E-state index contributed by atoms with van der Waals surface area (Å²) in [6.45, 7) is 0. The SMILES string of the molecule is O=Cc1cnc(-c2ccc(F)c(Br)c2)nc1. The van der Waals surface area contributed by atoms with E-state index >= 15 is 0 Å². The summed E-state index contributed by atoms with van der Waals surface area (Å²) in [6, 6.07) is 4.50. The normalized spacial score (nSPS) is 10.1. The Hall–Kier alpha value is -1.62. The average Bonchev–Trinajstić information content (AvgIpc) is 2.33. The number of hydrogen-bond acceptors (Lipinski definition) is 3. The highest BCUT2D eigenvalue weighted by molar-refractivity contribution is 9.10. The minimum absolute atomic E-state index is 0.340. The molecule has 0 aliphatic rings. The van der Waals surface area contributed by atoms with Crippen LogP contribution in [0.25, 0.3) is 11.4 Å². The van der Waals surface area contributed by atoms with Gasteiger partial charge in [0.2, 0.25) is 0 Å². The molecule has 0 spiro atoms. The second-order valence-corrected chi connectivity index (χ2v) is 3.94. The minimum Gasteiger partial charge on any atom is -0.298 e. The van der Waals surface area contributed by atoms with E-state index in [0.717, 1.165) is 0 Å². The zero-order valence-electron chi connectivity index (χ0n) is 8.02. The molecule has 0 saturated carbocycles. The summed E-state index contributed by atoms with van der Waals surface area (Å²) in [5, 5.41) is 0. The predicted molar refractivity (Wildman–Crippen MR) is 60.5 cm³/mol. The van der Waals surface area contributed by atoms with Crippen molar-refractivity contribution in [3.05, 3.63) is 46.4 Å². The van der Waals surface area contributed by atoms with Crippen LogP contribution in [0.5, 0.6) is 0 Å². The number of benzene rings is 1. The van der Waals surface area contributed by atoms with Crippen LogP contribution in [0, 0.1) is 5.82 Å². The Morgan fingerprint density at radius 1 is 1.25 bits per heavy atom. The fourth-order valence-corrected chi connectivity index (χ4v) is 1.56. The molecular formula is C11H6BrFN2O. The van der Waals surface area contributed by atoms with E-state index in [1.165, 1.54) is 18.5 Å². The highest BCUT2D eigenvalue weighted by atomic mass is 79.9. The molecule has 0 bridgehead atoms. The van der Waals surface area contributed by atoms with E-state index in [0.29, 0.717) is 27.7 Å². The van der Waals surface area contributed by atoms with Crippen LogP contribution in [0.3, 0.4) is 0 Å². The van der Waals surface area contributed by atoms with Gasteiger partial charge in [-0.3, -0.25) is 4.79 Å². The van der Waals surface area contributed by atoms with Crippen LogP contribution >= 0.6 is 15.9 Å². The summed E-state index contributed by atoms with van der Waals surface area (Å²) in [5.74, 6) is 0.111. The molecule has 2 rings (SSSR count). The third-order valence-electron chi connectivity index (χ3n) is 1.99. The largest absolute Gasteiger partial charge is 0.298 e. The monoisotopic (exact) mass is 280 g/mol. The number of nitrogens with zero attached hydrogens (tertiary/aromatic N) is 2. The lowest BCUT2D eigenvalue weighted by atomic mass is 10.2. The van der Waals surface area contributed by atoms with Crippen molar-refractivity contribution in [2.24, 2.45) is 0 Å². The average molecular weight is 281 g/mol. The topological polar surface area (TPSA) is 42.9 Å². The number of rotatable bonds is 2. The van der Waals surface area contributed by atoms with Crippen LogP contribution in [-0.2, 0) is 0 Å². The molecule has 0 N–H and O–H groups in total. The molecule has 80 valence electrons. The van der Waals surface area contributed by atoms with Gasteiger partial charge in [0, 0.05) is 18.0 Å². The van der Waals surface area contributed by atoms with Crippen LogP contribution in [0.2, 0.25) is 0 Å². The van der Waals surface area contributed by atoms with Gasteiger partial charge >= 0.3 is 0 Å². The Morgan fingerprint density at radius 3 is 2.50 bits per heavy atom. The van der Waals surface area contributed by atoms with E-state index < -0.39 is 0 Å². The molecule has 1 aromatic carbocycles. The number of hydrogen-bond donors (Lipinski definition) is 0. The second kappa shape index (κ2) is 4.49. The molecule has 2 aromatic rings. The fourth-order valence-electron chi connectivity index (χ4n) is 1.18.